The highest BCUT2D eigenvalue weighted by Gasteiger charge is 2.35. The van der Waals surface area contributed by atoms with E-state index in [0.717, 1.165) is 13.1 Å². The largest absolute Gasteiger partial charge is 0.322 e. The molecule has 1 unspecified atom stereocenters. The molecule has 1 aromatic rings. The van der Waals surface area contributed by atoms with Crippen LogP contribution in [0.3, 0.4) is 0 Å². The number of likely N-dealkylation sites (tertiary alicyclic amines) is 1. The van der Waals surface area contributed by atoms with E-state index < -0.39 is 0 Å². The molecule has 1 fully saturated rings. The number of aromatic nitrogens is 1. The fraction of sp³-hybridized carbons (Fsp3) is 0.667. The fourth-order valence-corrected chi connectivity index (χ4v) is 2.86. The van der Waals surface area contributed by atoms with Gasteiger partial charge in [-0.1, -0.05) is 12.8 Å². The molecule has 0 aliphatic carbocycles. The normalized spacial score (nSPS) is 20.0. The van der Waals surface area contributed by atoms with Crippen molar-refractivity contribution < 1.29 is 4.39 Å². The van der Waals surface area contributed by atoms with E-state index in [1.807, 2.05) is 0 Å². The Bertz CT molecular complexity index is 412. The van der Waals surface area contributed by atoms with Gasteiger partial charge in [-0.2, -0.15) is 0 Å². The van der Waals surface area contributed by atoms with E-state index in [1.165, 1.54) is 31.9 Å². The summed E-state index contributed by atoms with van der Waals surface area (Å²) in [6.45, 7) is 6.33. The third-order valence-electron chi connectivity index (χ3n) is 4.32. The lowest BCUT2D eigenvalue weighted by molar-refractivity contribution is 0.0967. The lowest BCUT2D eigenvalue weighted by atomic mass is 9.87. The van der Waals surface area contributed by atoms with Gasteiger partial charge in [0.05, 0.1) is 12.2 Å². The summed E-state index contributed by atoms with van der Waals surface area (Å²) in [5, 5.41) is 0. The van der Waals surface area contributed by atoms with Crippen molar-refractivity contribution >= 4 is 0 Å². The van der Waals surface area contributed by atoms with Gasteiger partial charge in [0.25, 0.3) is 0 Å². The second-order valence-corrected chi connectivity index (χ2v) is 5.93. The molecule has 0 saturated carbocycles. The molecular formula is C15H24FN3. The van der Waals surface area contributed by atoms with Crippen molar-refractivity contribution in [1.29, 1.82) is 0 Å². The summed E-state index contributed by atoms with van der Waals surface area (Å²) >= 11 is 0. The molecule has 3 nitrogen and oxygen atoms in total. The predicted molar refractivity (Wildman–Crippen MR) is 75.2 cm³/mol. The number of nitrogens with zero attached hydrogens (tertiary/aromatic N) is 2. The van der Waals surface area contributed by atoms with Gasteiger partial charge in [0.2, 0.25) is 0 Å². The standard InChI is InChI=1S/C15H24FN3/c1-15(2,19-9-5-3-4-6-10-19)14(17)12-7-8-18-11-13(12)16/h7-8,11,14H,3-6,9-10,17H2,1-2H3. The van der Waals surface area contributed by atoms with Crippen LogP contribution in [-0.2, 0) is 0 Å². The highest BCUT2D eigenvalue weighted by Crippen LogP contribution is 2.31. The van der Waals surface area contributed by atoms with Gasteiger partial charge in [0.15, 0.2) is 0 Å². The summed E-state index contributed by atoms with van der Waals surface area (Å²) in [6, 6.07) is 1.35. The molecule has 19 heavy (non-hydrogen) atoms. The molecule has 1 aromatic heterocycles. The van der Waals surface area contributed by atoms with Gasteiger partial charge in [0.1, 0.15) is 5.82 Å². The molecule has 2 heterocycles. The zero-order valence-corrected chi connectivity index (χ0v) is 11.9. The highest BCUT2D eigenvalue weighted by atomic mass is 19.1. The minimum atomic E-state index is -0.339. The summed E-state index contributed by atoms with van der Waals surface area (Å²) in [4.78, 5) is 6.20. The maximum Gasteiger partial charge on any atom is 0.146 e. The van der Waals surface area contributed by atoms with Crippen molar-refractivity contribution in [1.82, 2.24) is 9.88 Å². The Morgan fingerprint density at radius 3 is 2.47 bits per heavy atom. The van der Waals surface area contributed by atoms with E-state index in [4.69, 9.17) is 5.73 Å². The predicted octanol–water partition coefficient (Wildman–Crippen LogP) is 2.88. The van der Waals surface area contributed by atoms with Crippen LogP contribution in [0.4, 0.5) is 4.39 Å². The van der Waals surface area contributed by atoms with Crippen LogP contribution in [-0.4, -0.2) is 28.5 Å². The van der Waals surface area contributed by atoms with Crippen LogP contribution < -0.4 is 5.73 Å². The first kappa shape index (κ1) is 14.4. The molecular weight excluding hydrogens is 241 g/mol. The Labute approximate surface area is 115 Å². The molecule has 1 aliphatic rings. The molecule has 1 atom stereocenters. The van der Waals surface area contributed by atoms with Crippen molar-refractivity contribution in [2.75, 3.05) is 13.1 Å². The number of rotatable bonds is 3. The van der Waals surface area contributed by atoms with Crippen LogP contribution >= 0.6 is 0 Å². The van der Waals surface area contributed by atoms with E-state index in [0.29, 0.717) is 5.56 Å². The molecule has 0 amide bonds. The SMILES string of the molecule is CC(C)(C(N)c1ccncc1F)N1CCCCCC1. The van der Waals surface area contributed by atoms with Crippen LogP contribution in [0.25, 0.3) is 0 Å². The Morgan fingerprint density at radius 2 is 1.89 bits per heavy atom. The van der Waals surface area contributed by atoms with Crippen LogP contribution in [0.1, 0.15) is 51.1 Å². The zero-order valence-electron chi connectivity index (χ0n) is 11.9. The third kappa shape index (κ3) is 3.12. The number of nitrogens with two attached hydrogens (primary N) is 1. The van der Waals surface area contributed by atoms with Crippen molar-refractivity contribution in [3.63, 3.8) is 0 Å². The van der Waals surface area contributed by atoms with Crippen molar-refractivity contribution in [3.05, 3.63) is 29.8 Å². The monoisotopic (exact) mass is 265 g/mol. The third-order valence-corrected chi connectivity index (χ3v) is 4.32. The van der Waals surface area contributed by atoms with Crippen molar-refractivity contribution in [2.45, 2.75) is 51.1 Å². The molecule has 1 saturated heterocycles. The van der Waals surface area contributed by atoms with E-state index in [9.17, 15) is 4.39 Å². The summed E-state index contributed by atoms with van der Waals surface area (Å²) in [5.74, 6) is -0.308. The van der Waals surface area contributed by atoms with Gasteiger partial charge in [-0.05, 0) is 45.8 Å². The second-order valence-electron chi connectivity index (χ2n) is 5.93. The molecule has 0 aromatic carbocycles. The molecule has 106 valence electrons. The van der Waals surface area contributed by atoms with Crippen LogP contribution in [0.15, 0.2) is 18.5 Å². The van der Waals surface area contributed by atoms with Gasteiger partial charge >= 0.3 is 0 Å². The van der Waals surface area contributed by atoms with Gasteiger partial charge in [-0.3, -0.25) is 9.88 Å². The Morgan fingerprint density at radius 1 is 1.26 bits per heavy atom. The molecule has 4 heteroatoms. The minimum absolute atomic E-state index is 0.244. The first-order valence-electron chi connectivity index (χ1n) is 7.13. The molecule has 2 N–H and O–H groups in total. The van der Waals surface area contributed by atoms with E-state index in [-0.39, 0.29) is 17.4 Å². The van der Waals surface area contributed by atoms with Crippen molar-refractivity contribution in [2.24, 2.45) is 5.73 Å². The fourth-order valence-electron chi connectivity index (χ4n) is 2.86. The van der Waals surface area contributed by atoms with Crippen LogP contribution in [0.5, 0.6) is 0 Å². The summed E-state index contributed by atoms with van der Waals surface area (Å²) < 4.78 is 13.9. The summed E-state index contributed by atoms with van der Waals surface area (Å²) in [6.07, 6.45) is 7.82. The summed E-state index contributed by atoms with van der Waals surface area (Å²) in [5.41, 5.74) is 6.66. The van der Waals surface area contributed by atoms with E-state index in [2.05, 4.69) is 23.7 Å². The highest BCUT2D eigenvalue weighted by molar-refractivity contribution is 5.21. The quantitative estimate of drug-likeness (QED) is 0.913. The molecule has 0 radical (unpaired) electrons. The van der Waals surface area contributed by atoms with Gasteiger partial charge in [0, 0.05) is 17.3 Å². The first-order chi connectivity index (χ1) is 9.03. The minimum Gasteiger partial charge on any atom is -0.322 e. The molecule has 0 bridgehead atoms. The molecule has 2 rings (SSSR count). The maximum absolute atomic E-state index is 13.9. The molecule has 1 aliphatic heterocycles. The van der Waals surface area contributed by atoms with E-state index in [1.54, 1.807) is 12.3 Å². The molecule has 0 spiro atoms. The number of pyridine rings is 1. The average molecular weight is 265 g/mol. The second kappa shape index (κ2) is 5.97. The Balaban J connectivity index is 2.20. The topological polar surface area (TPSA) is 42.1 Å². The number of hydrogen-bond donors (Lipinski definition) is 1. The van der Waals surface area contributed by atoms with E-state index >= 15 is 0 Å². The van der Waals surface area contributed by atoms with Crippen LogP contribution in [0, 0.1) is 5.82 Å². The number of hydrogen-bond acceptors (Lipinski definition) is 3. The lowest BCUT2D eigenvalue weighted by Gasteiger charge is -2.42. The smallest absolute Gasteiger partial charge is 0.146 e. The van der Waals surface area contributed by atoms with Crippen molar-refractivity contribution in [3.8, 4) is 0 Å². The maximum atomic E-state index is 13.9. The van der Waals surface area contributed by atoms with Crippen LogP contribution in [0.2, 0.25) is 0 Å². The first-order valence-corrected chi connectivity index (χ1v) is 7.13. The van der Waals surface area contributed by atoms with Gasteiger partial charge < -0.3 is 5.73 Å². The summed E-state index contributed by atoms with van der Waals surface area (Å²) in [7, 11) is 0. The average Bonchev–Trinajstić information content (AvgIpc) is 2.67. The number of halogens is 1. The Hall–Kier alpha value is -1.00. The lowest BCUT2D eigenvalue weighted by Crippen LogP contribution is -2.51. The Kier molecular flexibility index (Phi) is 4.53. The van der Waals surface area contributed by atoms with Gasteiger partial charge in [-0.25, -0.2) is 4.39 Å². The zero-order chi connectivity index (χ0) is 13.9. The van der Waals surface area contributed by atoms with Gasteiger partial charge in [-0.15, -0.1) is 0 Å².